The summed E-state index contributed by atoms with van der Waals surface area (Å²) >= 11 is 11.9. The molecule has 2 aromatic rings. The highest BCUT2D eigenvalue weighted by Crippen LogP contribution is 2.26. The Kier molecular flexibility index (Phi) is 4.28. The summed E-state index contributed by atoms with van der Waals surface area (Å²) in [6.45, 7) is 2.09. The average molecular weight is 280 g/mol. The third-order valence-electron chi connectivity index (χ3n) is 3.07. The Morgan fingerprint density at radius 1 is 1.06 bits per heavy atom. The summed E-state index contributed by atoms with van der Waals surface area (Å²) in [6, 6.07) is 13.7. The van der Waals surface area contributed by atoms with Crippen LogP contribution in [-0.4, -0.2) is 0 Å². The molecule has 0 saturated carbocycles. The van der Waals surface area contributed by atoms with Crippen LogP contribution in [0.4, 0.5) is 0 Å². The van der Waals surface area contributed by atoms with Crippen LogP contribution in [0.5, 0.6) is 0 Å². The molecular weight excluding hydrogens is 265 g/mol. The van der Waals surface area contributed by atoms with E-state index in [2.05, 4.69) is 19.1 Å². The second-order valence-corrected chi connectivity index (χ2v) is 5.23. The van der Waals surface area contributed by atoms with Gasteiger partial charge in [-0.15, -0.1) is 0 Å². The van der Waals surface area contributed by atoms with E-state index in [0.29, 0.717) is 10.0 Å². The molecule has 0 fully saturated rings. The molecule has 18 heavy (non-hydrogen) atoms. The first kappa shape index (κ1) is 13.4. The minimum atomic E-state index is -0.0686. The number of nitrogens with two attached hydrogens (primary N) is 1. The molecule has 2 aromatic carbocycles. The quantitative estimate of drug-likeness (QED) is 0.877. The van der Waals surface area contributed by atoms with Crippen LogP contribution in [0.1, 0.15) is 22.7 Å². The molecule has 1 nitrogen and oxygen atoms in total. The van der Waals surface area contributed by atoms with Crippen LogP contribution in [0, 0.1) is 6.92 Å². The predicted octanol–water partition coefficient (Wildman–Crippen LogP) is 4.54. The molecule has 0 bridgehead atoms. The molecule has 0 aliphatic rings. The van der Waals surface area contributed by atoms with Crippen molar-refractivity contribution in [3.05, 3.63) is 69.2 Å². The van der Waals surface area contributed by atoms with Crippen LogP contribution in [-0.2, 0) is 6.42 Å². The summed E-state index contributed by atoms with van der Waals surface area (Å²) < 4.78 is 0. The van der Waals surface area contributed by atoms with E-state index in [4.69, 9.17) is 28.9 Å². The van der Waals surface area contributed by atoms with Gasteiger partial charge in [-0.1, -0.05) is 53.5 Å². The molecule has 0 aliphatic carbocycles. The molecule has 0 heterocycles. The lowest BCUT2D eigenvalue weighted by molar-refractivity contribution is 0.719. The van der Waals surface area contributed by atoms with Crippen LogP contribution in [0.3, 0.4) is 0 Å². The number of hydrogen-bond donors (Lipinski definition) is 1. The maximum Gasteiger partial charge on any atom is 0.0595 e. The van der Waals surface area contributed by atoms with Gasteiger partial charge in [-0.2, -0.15) is 0 Å². The van der Waals surface area contributed by atoms with Crippen molar-refractivity contribution >= 4 is 23.2 Å². The Balaban J connectivity index is 2.19. The van der Waals surface area contributed by atoms with Crippen molar-refractivity contribution in [2.75, 3.05) is 0 Å². The van der Waals surface area contributed by atoms with Gasteiger partial charge in [-0.3, -0.25) is 0 Å². The molecule has 0 spiro atoms. The third-order valence-corrected chi connectivity index (χ3v) is 3.81. The summed E-state index contributed by atoms with van der Waals surface area (Å²) in [7, 11) is 0. The number of benzene rings is 2. The van der Waals surface area contributed by atoms with Crippen LogP contribution < -0.4 is 5.73 Å². The molecule has 0 saturated heterocycles. The van der Waals surface area contributed by atoms with E-state index < -0.39 is 0 Å². The number of rotatable bonds is 3. The van der Waals surface area contributed by atoms with Gasteiger partial charge in [0.25, 0.3) is 0 Å². The van der Waals surface area contributed by atoms with E-state index in [9.17, 15) is 0 Å². The summed E-state index contributed by atoms with van der Waals surface area (Å²) in [6.07, 6.45) is 0.796. The van der Waals surface area contributed by atoms with Gasteiger partial charge >= 0.3 is 0 Å². The second-order valence-electron chi connectivity index (χ2n) is 4.41. The Morgan fingerprint density at radius 3 is 2.44 bits per heavy atom. The van der Waals surface area contributed by atoms with Crippen molar-refractivity contribution in [1.82, 2.24) is 0 Å². The van der Waals surface area contributed by atoms with Crippen LogP contribution in [0.25, 0.3) is 0 Å². The molecule has 2 rings (SSSR count). The topological polar surface area (TPSA) is 26.0 Å². The van der Waals surface area contributed by atoms with E-state index in [1.807, 2.05) is 24.3 Å². The van der Waals surface area contributed by atoms with Gasteiger partial charge in [-0.25, -0.2) is 0 Å². The average Bonchev–Trinajstić information content (AvgIpc) is 2.35. The van der Waals surface area contributed by atoms with Gasteiger partial charge in [0.1, 0.15) is 0 Å². The Hall–Kier alpha value is -1.02. The standard InChI is InChI=1S/C15H15Cl2N/c1-10-4-2-3-5-11(10)9-15(18)12-6-7-13(16)14(17)8-12/h2-8,15H,9,18H2,1H3. The van der Waals surface area contributed by atoms with Gasteiger partial charge in [0.15, 0.2) is 0 Å². The lowest BCUT2D eigenvalue weighted by Crippen LogP contribution is -2.13. The summed E-state index contributed by atoms with van der Waals surface area (Å²) in [5, 5.41) is 1.11. The van der Waals surface area contributed by atoms with Crippen LogP contribution in [0.2, 0.25) is 10.0 Å². The molecule has 94 valence electrons. The van der Waals surface area contributed by atoms with E-state index in [1.165, 1.54) is 11.1 Å². The Bertz CT molecular complexity index is 552. The number of halogens is 2. The lowest BCUT2D eigenvalue weighted by atomic mass is 9.97. The smallest absolute Gasteiger partial charge is 0.0595 e. The number of aryl methyl sites for hydroxylation is 1. The molecule has 0 amide bonds. The van der Waals surface area contributed by atoms with Gasteiger partial charge in [0.2, 0.25) is 0 Å². The lowest BCUT2D eigenvalue weighted by Gasteiger charge is -2.14. The van der Waals surface area contributed by atoms with E-state index in [-0.39, 0.29) is 6.04 Å². The molecule has 0 aromatic heterocycles. The highest BCUT2D eigenvalue weighted by molar-refractivity contribution is 6.42. The first-order chi connectivity index (χ1) is 8.58. The zero-order chi connectivity index (χ0) is 13.1. The molecular formula is C15H15Cl2N. The third kappa shape index (κ3) is 3.05. The molecule has 2 N–H and O–H groups in total. The zero-order valence-corrected chi connectivity index (χ0v) is 11.7. The highest BCUT2D eigenvalue weighted by Gasteiger charge is 2.10. The van der Waals surface area contributed by atoms with Crippen molar-refractivity contribution in [3.63, 3.8) is 0 Å². The molecule has 1 atom stereocenters. The summed E-state index contributed by atoms with van der Waals surface area (Å²) in [5.41, 5.74) is 9.74. The highest BCUT2D eigenvalue weighted by atomic mass is 35.5. The minimum absolute atomic E-state index is 0.0686. The van der Waals surface area contributed by atoms with Crippen LogP contribution in [0.15, 0.2) is 42.5 Å². The molecule has 1 unspecified atom stereocenters. The van der Waals surface area contributed by atoms with Crippen molar-refractivity contribution in [1.29, 1.82) is 0 Å². The number of hydrogen-bond acceptors (Lipinski definition) is 1. The summed E-state index contributed by atoms with van der Waals surface area (Å²) in [5.74, 6) is 0. The Labute approximate surface area is 118 Å². The fraction of sp³-hybridized carbons (Fsp3) is 0.200. The van der Waals surface area contributed by atoms with E-state index >= 15 is 0 Å². The second kappa shape index (κ2) is 5.75. The van der Waals surface area contributed by atoms with Gasteiger partial charge in [0.05, 0.1) is 10.0 Å². The molecule has 3 heteroatoms. The first-order valence-corrected chi connectivity index (χ1v) is 6.58. The normalized spacial score (nSPS) is 12.4. The van der Waals surface area contributed by atoms with E-state index in [1.54, 1.807) is 6.07 Å². The van der Waals surface area contributed by atoms with Gasteiger partial charge in [-0.05, 0) is 42.2 Å². The molecule has 0 radical (unpaired) electrons. The zero-order valence-electron chi connectivity index (χ0n) is 10.2. The van der Waals surface area contributed by atoms with Crippen molar-refractivity contribution in [2.45, 2.75) is 19.4 Å². The van der Waals surface area contributed by atoms with Crippen LogP contribution >= 0.6 is 23.2 Å². The SMILES string of the molecule is Cc1ccccc1CC(N)c1ccc(Cl)c(Cl)c1. The largest absolute Gasteiger partial charge is 0.324 e. The predicted molar refractivity (Wildman–Crippen MR) is 78.3 cm³/mol. The molecule has 0 aliphatic heterocycles. The maximum absolute atomic E-state index is 6.21. The fourth-order valence-corrected chi connectivity index (χ4v) is 2.24. The summed E-state index contributed by atoms with van der Waals surface area (Å²) in [4.78, 5) is 0. The maximum atomic E-state index is 6.21. The Morgan fingerprint density at radius 2 is 1.78 bits per heavy atom. The fourth-order valence-electron chi connectivity index (χ4n) is 1.94. The monoisotopic (exact) mass is 279 g/mol. The minimum Gasteiger partial charge on any atom is -0.324 e. The van der Waals surface area contributed by atoms with E-state index in [0.717, 1.165) is 12.0 Å². The van der Waals surface area contributed by atoms with Gasteiger partial charge < -0.3 is 5.73 Å². The van der Waals surface area contributed by atoms with Gasteiger partial charge in [0, 0.05) is 6.04 Å². The van der Waals surface area contributed by atoms with Crippen molar-refractivity contribution in [2.24, 2.45) is 5.73 Å². The van der Waals surface area contributed by atoms with Crippen molar-refractivity contribution < 1.29 is 0 Å². The van der Waals surface area contributed by atoms with Crippen molar-refractivity contribution in [3.8, 4) is 0 Å². The first-order valence-electron chi connectivity index (χ1n) is 5.83.